The first-order chi connectivity index (χ1) is 49.5. The predicted molar refractivity (Wildman–Crippen MR) is 588 cm³/mol. The maximum absolute atomic E-state index is 5.06. The zero-order chi connectivity index (χ0) is 98.8. The van der Waals surface area contributed by atoms with Gasteiger partial charge in [0.25, 0.3) is 0 Å². The van der Waals surface area contributed by atoms with E-state index in [1.807, 2.05) is 0 Å². The smallest absolute Gasteiger partial charge is 0.667 e. The molecule has 0 aromatic carbocycles. The van der Waals surface area contributed by atoms with Gasteiger partial charge < -0.3 is 60.8 Å². The second-order valence-electron chi connectivity index (χ2n) is 53.4. The third-order valence-electron chi connectivity index (χ3n) is 15.5. The minimum Gasteiger partial charge on any atom is -0.667 e. The molecule has 0 amide bonds. The molecule has 0 aromatic rings. The molecule has 726 valence electrons. The van der Waals surface area contributed by atoms with Gasteiger partial charge in [-0.2, -0.15) is 0 Å². The van der Waals surface area contributed by atoms with Gasteiger partial charge >= 0.3 is 142 Å². The van der Waals surface area contributed by atoms with Gasteiger partial charge in [0.2, 0.25) is 0 Å². The Morgan fingerprint density at radius 2 is 0.240 bits per heavy atom. The van der Waals surface area contributed by atoms with Crippen molar-refractivity contribution in [3.8, 4) is 0 Å². The molecular formula is C96H234La4N12Si9. The van der Waals surface area contributed by atoms with Crippen molar-refractivity contribution in [3.05, 3.63) is 60.8 Å². The van der Waals surface area contributed by atoms with Crippen molar-refractivity contribution in [2.75, 3.05) is 0 Å². The van der Waals surface area contributed by atoms with Gasteiger partial charge in [0, 0.05) is 0 Å². The van der Waals surface area contributed by atoms with E-state index in [0.29, 0.717) is 0 Å². The molecule has 12 nitrogen and oxygen atoms in total. The zero-order valence-electron chi connectivity index (χ0n) is 98.0. The van der Waals surface area contributed by atoms with Crippen LogP contribution in [0.2, 0.25) is 174 Å². The molecule has 0 atom stereocenters. The van der Waals surface area contributed by atoms with Crippen LogP contribution >= 0.6 is 0 Å². The summed E-state index contributed by atoms with van der Waals surface area (Å²) in [4.78, 5) is 14.0. The van der Waals surface area contributed by atoms with E-state index < -0.39 is 74.1 Å². The molecule has 0 heterocycles. The SMILES string of the molecule is CC(C)(C)[N-]C(C)(C)C.CC(C)(C)[N-]C(C)(C)C.CC(C)(C)[N-]C(C)(C)C.CC(C)(C)[N-][Si](C)(C)C.CC(C)(C)[N-][Si](C)(C)C.CC(C)(C)[N-][Si](C)(C)C.CCC(C)(C)[N-]C(C)(C)C.CCC(C)(C)[N-]C(C)(C)C.CCC(C)(C)[N-]C(C)(C)C.CC[Si](C)(C)[N-][Si](C)(C)CC.CC[Si](C)(C)[N-][Si](C)(C)CC.CC[Si](C)(C)[N-][Si](C)(C)CC.[La+3].[La+3].[La+3].[La+3]. The monoisotopic (exact) mass is 2360 g/mol. The van der Waals surface area contributed by atoms with Gasteiger partial charge in [-0.15, -0.1) is 83.1 Å². The minimum atomic E-state index is -1.17. The minimum absolute atomic E-state index is 0. The van der Waals surface area contributed by atoms with E-state index in [4.69, 9.17) is 13.9 Å². The molecule has 0 radical (unpaired) electrons. The Morgan fingerprint density at radius 1 is 0.149 bits per heavy atom. The Labute approximate surface area is 895 Å². The van der Waals surface area contributed by atoms with Gasteiger partial charge in [-0.25, -0.2) is 0 Å². The van der Waals surface area contributed by atoms with Crippen molar-refractivity contribution >= 4 is 74.1 Å². The largest absolute Gasteiger partial charge is 3.00 e. The van der Waals surface area contributed by atoms with Gasteiger partial charge in [0.05, 0.1) is 0 Å². The number of nitrogens with zero attached hydrogens (tertiary/aromatic N) is 12. The maximum Gasteiger partial charge on any atom is 3.00 e. The Hall–Kier alpha value is 6.25. The van der Waals surface area contributed by atoms with E-state index in [9.17, 15) is 0 Å². The molecular weight excluding hydrogens is 2130 g/mol. The van der Waals surface area contributed by atoms with Crippen molar-refractivity contribution in [2.24, 2.45) is 0 Å². The molecule has 0 aromatic heterocycles. The van der Waals surface area contributed by atoms with E-state index >= 15 is 0 Å². The fourth-order valence-corrected chi connectivity index (χ4v) is 41.4. The summed E-state index contributed by atoms with van der Waals surface area (Å²) in [7, 11) is -10.4. The first-order valence-corrected chi connectivity index (χ1v) is 75.7. The molecule has 0 aliphatic heterocycles. The van der Waals surface area contributed by atoms with Gasteiger partial charge in [-0.1, -0.05) is 620 Å². The molecule has 0 bridgehead atoms. The van der Waals surface area contributed by atoms with Crippen LogP contribution < -0.4 is 0 Å². The fourth-order valence-electron chi connectivity index (χ4n) is 11.9. The summed E-state index contributed by atoms with van der Waals surface area (Å²) in [5.74, 6) is 0. The summed E-state index contributed by atoms with van der Waals surface area (Å²) in [6.07, 6.45) is 3.35. The second-order valence-corrected chi connectivity index (χ2v) is 95.8. The molecule has 0 fully saturated rings. The van der Waals surface area contributed by atoms with Crippen molar-refractivity contribution in [3.63, 3.8) is 0 Å². The molecule has 0 N–H and O–H groups in total. The average Bonchev–Trinajstić information content (AvgIpc) is 0.882. The Kier molecular flexibility index (Phi) is 91.5. The summed E-state index contributed by atoms with van der Waals surface area (Å²) in [6.45, 7) is 159. The van der Waals surface area contributed by atoms with E-state index in [1.165, 1.54) is 36.3 Å². The number of hydrogen-bond donors (Lipinski definition) is 0. The summed E-state index contributed by atoms with van der Waals surface area (Å²) in [5.41, 5.74) is 1.95. The maximum atomic E-state index is 5.06. The Bertz CT molecular complexity index is 1920. The molecule has 0 saturated carbocycles. The fraction of sp³-hybridized carbons (Fsp3) is 1.00. The molecule has 0 aliphatic carbocycles. The Balaban J connectivity index is -0.0000000708. The third-order valence-corrected chi connectivity index (χ3v) is 44.5. The second kappa shape index (κ2) is 67.5. The average molecular weight is 2370 g/mol. The molecule has 0 saturated heterocycles. The van der Waals surface area contributed by atoms with Crippen LogP contribution in [0.25, 0.3) is 60.8 Å². The summed E-state index contributed by atoms with van der Waals surface area (Å²) in [5, 5.41) is 27.6. The normalized spacial score (nSPS) is 13.4. The summed E-state index contributed by atoms with van der Waals surface area (Å²) in [6, 6.07) is 7.77. The van der Waals surface area contributed by atoms with E-state index in [2.05, 4.69) is 537 Å². The molecule has 0 aliphatic rings. The van der Waals surface area contributed by atoms with Crippen LogP contribution in [-0.4, -0.2) is 157 Å². The van der Waals surface area contributed by atoms with E-state index in [1.54, 1.807) is 0 Å². The van der Waals surface area contributed by atoms with Crippen LogP contribution in [0.5, 0.6) is 0 Å². The molecule has 0 rings (SSSR count). The van der Waals surface area contributed by atoms with Gasteiger partial charge in [0.15, 0.2) is 0 Å². The topological polar surface area (TPSA) is 169 Å². The van der Waals surface area contributed by atoms with Crippen LogP contribution in [-0.2, 0) is 0 Å². The van der Waals surface area contributed by atoms with Gasteiger partial charge in [0.1, 0.15) is 0 Å². The predicted octanol–water partition coefficient (Wildman–Crippen LogP) is 39.3. The third kappa shape index (κ3) is 176. The summed E-state index contributed by atoms with van der Waals surface area (Å²) >= 11 is 0. The van der Waals surface area contributed by atoms with Crippen molar-refractivity contribution < 1.29 is 142 Å². The first-order valence-electron chi connectivity index (χ1n) is 46.4. The number of hydrogen-bond acceptors (Lipinski definition) is 0. The van der Waals surface area contributed by atoms with Gasteiger partial charge in [-0.05, 0) is 0 Å². The molecule has 0 unspecified atom stereocenters. The summed E-state index contributed by atoms with van der Waals surface area (Å²) < 4.78 is 15.2. The molecule has 25 heteroatoms. The van der Waals surface area contributed by atoms with Crippen molar-refractivity contribution in [1.82, 2.24) is 0 Å². The number of rotatable bonds is 21. The van der Waals surface area contributed by atoms with Crippen LogP contribution in [0.15, 0.2) is 0 Å². The van der Waals surface area contributed by atoms with Crippen LogP contribution in [0.3, 0.4) is 0 Å². The van der Waals surface area contributed by atoms with Crippen LogP contribution in [0.4, 0.5) is 0 Å². The van der Waals surface area contributed by atoms with Crippen LogP contribution in [0, 0.1) is 142 Å². The molecule has 121 heavy (non-hydrogen) atoms. The first kappa shape index (κ1) is 164. The quantitative estimate of drug-likeness (QED) is 0.0998. The van der Waals surface area contributed by atoms with Crippen molar-refractivity contribution in [2.45, 2.75) is 629 Å². The van der Waals surface area contributed by atoms with E-state index in [0.717, 1.165) is 19.3 Å². The molecule has 0 spiro atoms. The Morgan fingerprint density at radius 3 is 0.264 bits per heavy atom. The van der Waals surface area contributed by atoms with Crippen molar-refractivity contribution in [1.29, 1.82) is 0 Å². The van der Waals surface area contributed by atoms with Crippen LogP contribution in [0.1, 0.15) is 372 Å². The standard InChI is InChI=1S/3C9H20N.3C8H22NSi2.3C8H18N.3C7H18NSi.4La/c3*1-7-9(5,6)10-8(2,3)4;3*1-7-10(3,4)9-11(5,6)8-2;3*1-7(2,3)9-8(4,5)6;3*1-7(2,3)8-9(4,5)6;;;;/h3*7H2,1-6H3;3*7-8H2,1-6H3;6*1-6H3;;;;/q12*-1;4*+3. The van der Waals surface area contributed by atoms with E-state index in [-0.39, 0.29) is 225 Å². The zero-order valence-corrected chi connectivity index (χ0v) is 122. The van der Waals surface area contributed by atoms with Gasteiger partial charge in [-0.3, -0.25) is 0 Å².